The summed E-state index contributed by atoms with van der Waals surface area (Å²) in [5.74, 6) is 1.11. The molecule has 2 unspecified atom stereocenters. The molecule has 0 aliphatic carbocycles. The number of rotatable bonds is 2. The van der Waals surface area contributed by atoms with Crippen LogP contribution in [0.15, 0.2) is 21.2 Å². The molecule has 5 nitrogen and oxygen atoms in total. The number of halogens is 1. The van der Waals surface area contributed by atoms with Crippen molar-refractivity contribution >= 4 is 32.7 Å². The summed E-state index contributed by atoms with van der Waals surface area (Å²) in [5, 5.41) is 13.3. The molecule has 1 aliphatic heterocycles. The van der Waals surface area contributed by atoms with Crippen LogP contribution in [0.2, 0.25) is 0 Å². The van der Waals surface area contributed by atoms with Crippen LogP contribution in [0.1, 0.15) is 25.5 Å². The second-order valence-electron chi connectivity index (χ2n) is 5.63. The molecule has 1 saturated heterocycles. The van der Waals surface area contributed by atoms with Crippen LogP contribution < -0.4 is 5.32 Å². The summed E-state index contributed by atoms with van der Waals surface area (Å²) >= 11 is 3.57. The van der Waals surface area contributed by atoms with Gasteiger partial charge in [-0.1, -0.05) is 0 Å². The Bertz CT molecular complexity index is 705. The van der Waals surface area contributed by atoms with Gasteiger partial charge in [-0.2, -0.15) is 5.26 Å². The van der Waals surface area contributed by atoms with Crippen molar-refractivity contribution in [2.75, 3.05) is 18.9 Å². The number of aromatic nitrogens is 1. The van der Waals surface area contributed by atoms with Crippen molar-refractivity contribution in [3.63, 3.8) is 0 Å². The second-order valence-corrected chi connectivity index (χ2v) is 6.42. The predicted octanol–water partition coefficient (Wildman–Crippen LogP) is 3.36. The largest absolute Gasteiger partial charge is 0.444 e. The van der Waals surface area contributed by atoms with E-state index in [0.29, 0.717) is 23.4 Å². The Labute approximate surface area is 132 Å². The second kappa shape index (κ2) is 5.66. The van der Waals surface area contributed by atoms with Gasteiger partial charge in [0.1, 0.15) is 11.9 Å². The first kappa shape index (κ1) is 14.4. The standard InChI is InChI=1S/C15H17BrN4O/c1-9-3-4-10(8-20(9)2)19-15-14(16)12-5-11(6-17)21-13(12)7-18-15/h5,7,9-10H,3-4,8H2,1-2H3,(H,18,19). The first-order valence-electron chi connectivity index (χ1n) is 7.03. The molecule has 1 aliphatic rings. The molecule has 110 valence electrons. The highest BCUT2D eigenvalue weighted by Gasteiger charge is 2.23. The highest BCUT2D eigenvalue weighted by molar-refractivity contribution is 9.10. The molecular weight excluding hydrogens is 332 g/mol. The fourth-order valence-corrected chi connectivity index (χ4v) is 3.26. The number of anilines is 1. The highest BCUT2D eigenvalue weighted by atomic mass is 79.9. The molecule has 1 N–H and O–H groups in total. The number of nitriles is 1. The molecule has 0 saturated carbocycles. The van der Waals surface area contributed by atoms with E-state index in [1.807, 2.05) is 6.07 Å². The van der Waals surface area contributed by atoms with Gasteiger partial charge in [-0.15, -0.1) is 0 Å². The number of furan rings is 1. The number of nitrogens with zero attached hydrogens (tertiary/aromatic N) is 3. The molecule has 1 fully saturated rings. The number of likely N-dealkylation sites (N-methyl/N-ethyl adjacent to an activating group) is 1. The quantitative estimate of drug-likeness (QED) is 0.901. The van der Waals surface area contributed by atoms with Crippen LogP contribution >= 0.6 is 15.9 Å². The van der Waals surface area contributed by atoms with Crippen molar-refractivity contribution in [2.45, 2.75) is 31.8 Å². The molecule has 3 rings (SSSR count). The summed E-state index contributed by atoms with van der Waals surface area (Å²) in [7, 11) is 2.15. The van der Waals surface area contributed by atoms with Crippen LogP contribution in [-0.2, 0) is 0 Å². The number of piperidine rings is 1. The molecule has 0 amide bonds. The van der Waals surface area contributed by atoms with Gasteiger partial charge >= 0.3 is 0 Å². The van der Waals surface area contributed by atoms with Gasteiger partial charge < -0.3 is 14.6 Å². The van der Waals surface area contributed by atoms with Crippen molar-refractivity contribution in [1.29, 1.82) is 5.26 Å². The molecule has 0 bridgehead atoms. The molecule has 2 atom stereocenters. The summed E-state index contributed by atoms with van der Waals surface area (Å²) in [6, 6.07) is 4.77. The number of nitrogens with one attached hydrogen (secondary N) is 1. The van der Waals surface area contributed by atoms with E-state index in [1.165, 1.54) is 6.42 Å². The molecule has 0 radical (unpaired) electrons. The van der Waals surface area contributed by atoms with Crippen LogP contribution in [0.25, 0.3) is 11.0 Å². The van der Waals surface area contributed by atoms with Gasteiger partial charge in [-0.25, -0.2) is 4.98 Å². The lowest BCUT2D eigenvalue weighted by molar-refractivity contribution is 0.188. The van der Waals surface area contributed by atoms with E-state index < -0.39 is 0 Å². The van der Waals surface area contributed by atoms with Crippen LogP contribution in [0, 0.1) is 11.3 Å². The van der Waals surface area contributed by atoms with Crippen LogP contribution in [-0.4, -0.2) is 35.6 Å². The molecular formula is C15H17BrN4O. The SMILES string of the molecule is CC1CCC(Nc2ncc3oc(C#N)cc3c2Br)CN1C. The summed E-state index contributed by atoms with van der Waals surface area (Å²) in [6.45, 7) is 3.26. The Kier molecular flexibility index (Phi) is 3.87. The number of hydrogen-bond acceptors (Lipinski definition) is 5. The molecule has 3 heterocycles. The third-order valence-electron chi connectivity index (χ3n) is 4.16. The zero-order valence-corrected chi connectivity index (χ0v) is 13.6. The summed E-state index contributed by atoms with van der Waals surface area (Å²) < 4.78 is 6.24. The van der Waals surface area contributed by atoms with E-state index in [9.17, 15) is 0 Å². The van der Waals surface area contributed by atoms with Gasteiger partial charge in [-0.3, -0.25) is 0 Å². The fraction of sp³-hybridized carbons (Fsp3) is 0.467. The molecule has 6 heteroatoms. The predicted molar refractivity (Wildman–Crippen MR) is 85.2 cm³/mol. The number of fused-ring (bicyclic) bond motifs is 1. The van der Waals surface area contributed by atoms with Crippen molar-refractivity contribution in [3.05, 3.63) is 22.5 Å². The summed E-state index contributed by atoms with van der Waals surface area (Å²) in [5.41, 5.74) is 0.623. The van der Waals surface area contributed by atoms with Crippen molar-refractivity contribution in [3.8, 4) is 6.07 Å². The van der Waals surface area contributed by atoms with E-state index in [-0.39, 0.29) is 0 Å². The van der Waals surface area contributed by atoms with Crippen LogP contribution in [0.3, 0.4) is 0 Å². The van der Waals surface area contributed by atoms with Crippen molar-refractivity contribution in [1.82, 2.24) is 9.88 Å². The van der Waals surface area contributed by atoms with E-state index in [1.54, 1.807) is 12.3 Å². The topological polar surface area (TPSA) is 65.1 Å². The third kappa shape index (κ3) is 2.76. The van der Waals surface area contributed by atoms with Crippen LogP contribution in [0.5, 0.6) is 0 Å². The molecule has 0 spiro atoms. The first-order chi connectivity index (χ1) is 10.1. The molecule has 0 aromatic carbocycles. The Morgan fingerprint density at radius 2 is 2.33 bits per heavy atom. The van der Waals surface area contributed by atoms with Crippen molar-refractivity contribution in [2.24, 2.45) is 0 Å². The minimum absolute atomic E-state index is 0.302. The first-order valence-corrected chi connectivity index (χ1v) is 7.82. The van der Waals surface area contributed by atoms with Gasteiger partial charge in [0.25, 0.3) is 0 Å². The smallest absolute Gasteiger partial charge is 0.204 e. The number of pyridine rings is 1. The summed E-state index contributed by atoms with van der Waals surface area (Å²) in [6.07, 6.45) is 3.98. The average Bonchev–Trinajstić information content (AvgIpc) is 2.90. The summed E-state index contributed by atoms with van der Waals surface area (Å²) in [4.78, 5) is 6.77. The maximum absolute atomic E-state index is 8.91. The van der Waals surface area contributed by atoms with Gasteiger partial charge in [0.15, 0.2) is 5.58 Å². The third-order valence-corrected chi connectivity index (χ3v) is 4.96. The number of likely N-dealkylation sites (tertiary alicyclic amines) is 1. The molecule has 21 heavy (non-hydrogen) atoms. The molecule has 2 aromatic heterocycles. The maximum Gasteiger partial charge on any atom is 0.204 e. The maximum atomic E-state index is 8.91. The minimum atomic E-state index is 0.302. The lowest BCUT2D eigenvalue weighted by atomic mass is 10.0. The van der Waals surface area contributed by atoms with E-state index >= 15 is 0 Å². The lowest BCUT2D eigenvalue weighted by Crippen LogP contribution is -2.44. The Balaban J connectivity index is 1.84. The van der Waals surface area contributed by atoms with E-state index in [0.717, 1.165) is 28.6 Å². The van der Waals surface area contributed by atoms with Crippen LogP contribution in [0.4, 0.5) is 5.82 Å². The zero-order chi connectivity index (χ0) is 15.0. The van der Waals surface area contributed by atoms with Gasteiger partial charge in [0, 0.05) is 30.1 Å². The molecule has 2 aromatic rings. The monoisotopic (exact) mass is 348 g/mol. The van der Waals surface area contributed by atoms with E-state index in [4.69, 9.17) is 9.68 Å². The zero-order valence-electron chi connectivity index (χ0n) is 12.1. The Hall–Kier alpha value is -1.58. The fourth-order valence-electron chi connectivity index (χ4n) is 2.73. The van der Waals surface area contributed by atoms with Gasteiger partial charge in [-0.05, 0) is 42.7 Å². The van der Waals surface area contributed by atoms with Crippen molar-refractivity contribution < 1.29 is 4.42 Å². The lowest BCUT2D eigenvalue weighted by Gasteiger charge is -2.35. The van der Waals surface area contributed by atoms with E-state index in [2.05, 4.69) is 45.1 Å². The number of hydrogen-bond donors (Lipinski definition) is 1. The highest BCUT2D eigenvalue weighted by Crippen LogP contribution is 2.32. The Morgan fingerprint density at radius 3 is 3.05 bits per heavy atom. The normalized spacial score (nSPS) is 23.1. The van der Waals surface area contributed by atoms with Gasteiger partial charge in [0.2, 0.25) is 5.76 Å². The average molecular weight is 349 g/mol. The Morgan fingerprint density at radius 1 is 1.52 bits per heavy atom. The van der Waals surface area contributed by atoms with Gasteiger partial charge in [0.05, 0.1) is 10.7 Å². The minimum Gasteiger partial charge on any atom is -0.444 e.